The number of halogens is 3. The van der Waals surface area contributed by atoms with Gasteiger partial charge < -0.3 is 28.5 Å². The molecule has 1 aliphatic heterocycles. The summed E-state index contributed by atoms with van der Waals surface area (Å²) < 4.78 is 65.4. The van der Waals surface area contributed by atoms with Gasteiger partial charge in [-0.15, -0.1) is 0 Å². The average Bonchev–Trinajstić information content (AvgIpc) is 3.42. The van der Waals surface area contributed by atoms with E-state index in [0.717, 1.165) is 24.3 Å². The summed E-state index contributed by atoms with van der Waals surface area (Å²) in [4.78, 5) is 18.2. The normalized spacial score (nSPS) is 14.8. The number of oxime groups is 1. The van der Waals surface area contributed by atoms with Gasteiger partial charge in [0.1, 0.15) is 0 Å². The summed E-state index contributed by atoms with van der Waals surface area (Å²) in [5.74, 6) is 0.909. The number of carbonyl (C=O) groups excluding carboxylic acids is 1. The molecule has 0 fully saturated rings. The van der Waals surface area contributed by atoms with E-state index in [-0.39, 0.29) is 17.1 Å². The van der Waals surface area contributed by atoms with Crippen LogP contribution in [0.25, 0.3) is 0 Å². The lowest BCUT2D eigenvalue weighted by Gasteiger charge is -2.15. The van der Waals surface area contributed by atoms with Gasteiger partial charge in [0.15, 0.2) is 29.1 Å². The Labute approximate surface area is 216 Å². The van der Waals surface area contributed by atoms with Crippen LogP contribution in [0, 0.1) is 0 Å². The second-order valence-electron chi connectivity index (χ2n) is 8.09. The maximum absolute atomic E-state index is 12.8. The zero-order valence-electron chi connectivity index (χ0n) is 20.9. The Kier molecular flexibility index (Phi) is 7.65. The third kappa shape index (κ3) is 5.31. The Balaban J connectivity index is 1.50. The van der Waals surface area contributed by atoms with Crippen LogP contribution >= 0.6 is 0 Å². The van der Waals surface area contributed by atoms with Crippen LogP contribution < -0.4 is 23.7 Å². The van der Waals surface area contributed by atoms with Crippen molar-refractivity contribution in [3.05, 3.63) is 76.9 Å². The van der Waals surface area contributed by atoms with Crippen molar-refractivity contribution in [1.82, 2.24) is 0 Å². The maximum atomic E-state index is 12.8. The Morgan fingerprint density at radius 2 is 1.50 bits per heavy atom. The van der Waals surface area contributed by atoms with E-state index in [1.165, 1.54) is 34.5 Å². The molecule has 0 spiro atoms. The summed E-state index contributed by atoms with van der Waals surface area (Å²) in [7, 11) is 5.96. The molecule has 3 aromatic carbocycles. The number of nitrogens with zero attached hydrogens (tertiary/aromatic N) is 1. The fourth-order valence-corrected chi connectivity index (χ4v) is 3.97. The van der Waals surface area contributed by atoms with Gasteiger partial charge in [-0.05, 0) is 54.1 Å². The van der Waals surface area contributed by atoms with Crippen LogP contribution in [0.15, 0.2) is 59.8 Å². The van der Waals surface area contributed by atoms with Crippen molar-refractivity contribution >= 4 is 11.7 Å². The molecule has 0 bridgehead atoms. The van der Waals surface area contributed by atoms with Gasteiger partial charge in [0.25, 0.3) is 0 Å². The maximum Gasteiger partial charge on any atom is 0.416 e. The SMILES string of the molecule is COc1cc(C2CC(c3ccc(OC)c(OC)c3OC)=NO2)ccc1OC(=O)c1ccc(C(F)(F)F)cc1. The predicted molar refractivity (Wildman–Crippen MR) is 130 cm³/mol. The summed E-state index contributed by atoms with van der Waals surface area (Å²) in [5.41, 5.74) is 1.12. The topological polar surface area (TPSA) is 84.8 Å². The number of esters is 1. The third-order valence-electron chi connectivity index (χ3n) is 5.89. The summed E-state index contributed by atoms with van der Waals surface area (Å²) in [6.07, 6.45) is -4.56. The van der Waals surface area contributed by atoms with E-state index >= 15 is 0 Å². The first-order chi connectivity index (χ1) is 18.2. The van der Waals surface area contributed by atoms with Gasteiger partial charge >= 0.3 is 12.1 Å². The lowest BCUT2D eigenvalue weighted by Crippen LogP contribution is -2.11. The molecule has 3 aromatic rings. The molecule has 1 unspecified atom stereocenters. The Morgan fingerprint density at radius 1 is 0.842 bits per heavy atom. The van der Waals surface area contributed by atoms with Crippen LogP contribution in [-0.2, 0) is 11.0 Å². The highest BCUT2D eigenvalue weighted by Gasteiger charge is 2.31. The monoisotopic (exact) mass is 531 g/mol. The molecular formula is C27H24F3NO7. The fraction of sp³-hybridized carbons (Fsp3) is 0.259. The Hall–Kier alpha value is -4.41. The molecule has 0 amide bonds. The minimum atomic E-state index is -4.50. The Morgan fingerprint density at radius 3 is 2.11 bits per heavy atom. The molecule has 0 N–H and O–H groups in total. The number of alkyl halides is 3. The minimum Gasteiger partial charge on any atom is -0.493 e. The first kappa shape index (κ1) is 26.6. The average molecular weight is 531 g/mol. The van der Waals surface area contributed by atoms with E-state index in [9.17, 15) is 18.0 Å². The summed E-state index contributed by atoms with van der Waals surface area (Å²) in [6, 6.07) is 12.1. The highest BCUT2D eigenvalue weighted by atomic mass is 19.4. The smallest absolute Gasteiger partial charge is 0.416 e. The van der Waals surface area contributed by atoms with Crippen LogP contribution in [0.4, 0.5) is 13.2 Å². The van der Waals surface area contributed by atoms with Crippen molar-refractivity contribution < 1.29 is 46.5 Å². The molecule has 0 saturated carbocycles. The first-order valence-electron chi connectivity index (χ1n) is 11.3. The second kappa shape index (κ2) is 10.9. The van der Waals surface area contributed by atoms with Gasteiger partial charge in [0, 0.05) is 12.0 Å². The van der Waals surface area contributed by atoms with Gasteiger partial charge in [-0.25, -0.2) is 4.79 Å². The highest BCUT2D eigenvalue weighted by Crippen LogP contribution is 2.43. The lowest BCUT2D eigenvalue weighted by molar-refractivity contribution is -0.137. The van der Waals surface area contributed by atoms with Crippen LogP contribution in [0.2, 0.25) is 0 Å². The van der Waals surface area contributed by atoms with E-state index in [0.29, 0.717) is 40.5 Å². The molecular weight excluding hydrogens is 507 g/mol. The van der Waals surface area contributed by atoms with Gasteiger partial charge in [-0.3, -0.25) is 0 Å². The van der Waals surface area contributed by atoms with Crippen molar-refractivity contribution in [2.45, 2.75) is 18.7 Å². The molecule has 1 aliphatic rings. The van der Waals surface area contributed by atoms with Crippen LogP contribution in [0.1, 0.15) is 39.6 Å². The fourth-order valence-electron chi connectivity index (χ4n) is 3.97. The molecule has 4 rings (SSSR count). The molecule has 8 nitrogen and oxygen atoms in total. The Bertz CT molecular complexity index is 1350. The molecule has 0 aliphatic carbocycles. The highest BCUT2D eigenvalue weighted by molar-refractivity contribution is 6.04. The largest absolute Gasteiger partial charge is 0.493 e. The number of methoxy groups -OCH3 is 4. The summed E-state index contributed by atoms with van der Waals surface area (Å²) in [6.45, 7) is 0. The van der Waals surface area contributed by atoms with E-state index in [1.807, 2.05) is 0 Å². The van der Waals surface area contributed by atoms with Crippen LogP contribution in [0.5, 0.6) is 28.7 Å². The number of ether oxygens (including phenoxy) is 5. The number of hydrogen-bond acceptors (Lipinski definition) is 8. The van der Waals surface area contributed by atoms with E-state index in [2.05, 4.69) is 5.16 Å². The van der Waals surface area contributed by atoms with Crippen molar-refractivity contribution in [2.24, 2.45) is 5.16 Å². The van der Waals surface area contributed by atoms with Crippen molar-refractivity contribution in [2.75, 3.05) is 28.4 Å². The van der Waals surface area contributed by atoms with Gasteiger partial charge in [0.05, 0.1) is 45.3 Å². The first-order valence-corrected chi connectivity index (χ1v) is 11.3. The molecule has 38 heavy (non-hydrogen) atoms. The molecule has 1 heterocycles. The standard InChI is InChI=1S/C27H24F3NO7/c1-33-21-12-10-18(24(35-3)25(21)36-4)19-14-22(38-31-19)16-7-11-20(23(13-16)34-2)37-26(32)15-5-8-17(9-6-15)27(28,29)30/h5-13,22H,14H2,1-4H3. The number of carbonyl (C=O) groups is 1. The molecule has 0 saturated heterocycles. The van der Waals surface area contributed by atoms with E-state index < -0.39 is 23.8 Å². The molecule has 0 radical (unpaired) electrons. The van der Waals surface area contributed by atoms with Gasteiger partial charge in [-0.2, -0.15) is 13.2 Å². The van der Waals surface area contributed by atoms with Gasteiger partial charge in [0.2, 0.25) is 5.75 Å². The summed E-state index contributed by atoms with van der Waals surface area (Å²) in [5, 5.41) is 4.23. The van der Waals surface area contributed by atoms with Crippen LogP contribution in [-0.4, -0.2) is 40.1 Å². The molecule has 1 atom stereocenters. The third-order valence-corrected chi connectivity index (χ3v) is 5.89. The number of rotatable bonds is 8. The predicted octanol–water partition coefficient (Wildman–Crippen LogP) is 5.82. The van der Waals surface area contributed by atoms with E-state index in [4.69, 9.17) is 28.5 Å². The number of benzene rings is 3. The summed E-state index contributed by atoms with van der Waals surface area (Å²) >= 11 is 0. The zero-order chi connectivity index (χ0) is 27.4. The molecule has 200 valence electrons. The minimum absolute atomic E-state index is 0.0369. The molecule has 11 heteroatoms. The molecule has 0 aromatic heterocycles. The quantitative estimate of drug-likeness (QED) is 0.267. The van der Waals surface area contributed by atoms with Crippen molar-refractivity contribution in [1.29, 1.82) is 0 Å². The van der Waals surface area contributed by atoms with E-state index in [1.54, 1.807) is 24.3 Å². The zero-order valence-corrected chi connectivity index (χ0v) is 20.9. The lowest BCUT2D eigenvalue weighted by atomic mass is 9.99. The van der Waals surface area contributed by atoms with Gasteiger partial charge in [-0.1, -0.05) is 11.2 Å². The van der Waals surface area contributed by atoms with Crippen LogP contribution in [0.3, 0.4) is 0 Å². The number of hydrogen-bond donors (Lipinski definition) is 0. The van der Waals surface area contributed by atoms with Crippen molar-refractivity contribution in [3.8, 4) is 28.7 Å². The van der Waals surface area contributed by atoms with Crippen molar-refractivity contribution in [3.63, 3.8) is 0 Å². The second-order valence-corrected chi connectivity index (χ2v) is 8.09.